The van der Waals surface area contributed by atoms with Crippen molar-refractivity contribution in [2.45, 2.75) is 13.5 Å². The van der Waals surface area contributed by atoms with E-state index in [-0.39, 0.29) is 33.8 Å². The van der Waals surface area contributed by atoms with Crippen LogP contribution in [0.3, 0.4) is 0 Å². The molecule has 156 valence electrons. The second-order valence-corrected chi connectivity index (χ2v) is 6.81. The number of aliphatic hydroxyl groups excluding tert-OH is 1. The number of nitrogens with zero attached hydrogens (tertiary/aromatic N) is 3. The van der Waals surface area contributed by atoms with Crippen molar-refractivity contribution in [3.8, 4) is 17.2 Å². The first-order valence-electron chi connectivity index (χ1n) is 9.02. The molecule has 2 N–H and O–H groups in total. The third-order valence-electron chi connectivity index (χ3n) is 4.43. The average molecular weight is 411 g/mol. The summed E-state index contributed by atoms with van der Waals surface area (Å²) in [6.07, 6.45) is 3.27. The lowest BCUT2D eigenvalue weighted by Gasteiger charge is -2.13. The number of carbonyl (C=O) groups is 1. The van der Waals surface area contributed by atoms with Crippen molar-refractivity contribution in [2.75, 3.05) is 14.1 Å². The van der Waals surface area contributed by atoms with Crippen molar-refractivity contribution in [1.29, 1.82) is 0 Å². The highest BCUT2D eigenvalue weighted by molar-refractivity contribution is 5.99. The SMILES string of the molecule is CC(=O)Oc1ccc2c([N+](=O)[O-])c(C=CN(C)C)n(-c3ccc(O)cc3)c2c1CO. The lowest BCUT2D eigenvalue weighted by atomic mass is 10.1. The summed E-state index contributed by atoms with van der Waals surface area (Å²) in [5.74, 6) is -0.417. The molecule has 0 aliphatic heterocycles. The highest BCUT2D eigenvalue weighted by atomic mass is 16.6. The van der Waals surface area contributed by atoms with E-state index in [4.69, 9.17) is 4.74 Å². The molecule has 3 aromatic rings. The van der Waals surface area contributed by atoms with Gasteiger partial charge in [0.15, 0.2) is 0 Å². The predicted octanol–water partition coefficient (Wildman–Crippen LogP) is 3.19. The van der Waals surface area contributed by atoms with Crippen LogP contribution < -0.4 is 4.74 Å². The fraction of sp³-hybridized carbons (Fsp3) is 0.190. The minimum absolute atomic E-state index is 0.0399. The van der Waals surface area contributed by atoms with E-state index in [1.54, 1.807) is 48.0 Å². The fourth-order valence-electron chi connectivity index (χ4n) is 3.27. The van der Waals surface area contributed by atoms with Gasteiger partial charge in [-0.3, -0.25) is 14.9 Å². The zero-order chi connectivity index (χ0) is 22.0. The number of fused-ring (bicyclic) bond motifs is 1. The lowest BCUT2D eigenvalue weighted by molar-refractivity contribution is -0.383. The molecule has 0 aliphatic carbocycles. The van der Waals surface area contributed by atoms with E-state index >= 15 is 0 Å². The Hall–Kier alpha value is -3.85. The Balaban J connectivity index is 2.50. The summed E-state index contributed by atoms with van der Waals surface area (Å²) in [5, 5.41) is 32.0. The number of phenols is 1. The topological polar surface area (TPSA) is 118 Å². The Morgan fingerprint density at radius 3 is 2.43 bits per heavy atom. The number of aromatic nitrogens is 1. The van der Waals surface area contributed by atoms with E-state index in [1.807, 2.05) is 0 Å². The molecule has 0 bridgehead atoms. The summed E-state index contributed by atoms with van der Waals surface area (Å²) in [7, 11) is 3.57. The Labute approximate surface area is 172 Å². The van der Waals surface area contributed by atoms with E-state index in [0.29, 0.717) is 11.2 Å². The maximum Gasteiger partial charge on any atom is 0.308 e. The number of hydrogen-bond donors (Lipinski definition) is 2. The summed E-state index contributed by atoms with van der Waals surface area (Å²) in [4.78, 5) is 24.8. The average Bonchev–Trinajstić information content (AvgIpc) is 3.01. The van der Waals surface area contributed by atoms with Gasteiger partial charge in [0.25, 0.3) is 0 Å². The van der Waals surface area contributed by atoms with Gasteiger partial charge in [-0.25, -0.2) is 0 Å². The molecule has 30 heavy (non-hydrogen) atoms. The highest BCUT2D eigenvalue weighted by Crippen LogP contribution is 2.41. The van der Waals surface area contributed by atoms with Crippen molar-refractivity contribution in [2.24, 2.45) is 0 Å². The first-order chi connectivity index (χ1) is 14.2. The second-order valence-electron chi connectivity index (χ2n) is 6.81. The van der Waals surface area contributed by atoms with E-state index in [2.05, 4.69) is 0 Å². The van der Waals surface area contributed by atoms with Gasteiger partial charge in [0.05, 0.1) is 22.4 Å². The van der Waals surface area contributed by atoms with Gasteiger partial charge in [0.2, 0.25) is 0 Å². The highest BCUT2D eigenvalue weighted by Gasteiger charge is 2.29. The third kappa shape index (κ3) is 3.83. The third-order valence-corrected chi connectivity index (χ3v) is 4.43. The molecule has 1 heterocycles. The molecular formula is C21H21N3O6. The number of rotatable bonds is 6. The van der Waals surface area contributed by atoms with Gasteiger partial charge in [-0.05, 0) is 42.5 Å². The van der Waals surface area contributed by atoms with Crippen LogP contribution in [-0.2, 0) is 11.4 Å². The van der Waals surface area contributed by atoms with E-state index in [0.717, 1.165) is 0 Å². The van der Waals surface area contributed by atoms with Gasteiger partial charge in [-0.1, -0.05) is 0 Å². The number of phenolic OH excluding ortho intramolecular Hbond substituents is 1. The van der Waals surface area contributed by atoms with Crippen LogP contribution in [-0.4, -0.2) is 44.7 Å². The van der Waals surface area contributed by atoms with E-state index in [9.17, 15) is 25.1 Å². The molecule has 0 unspecified atom stereocenters. The maximum atomic E-state index is 12.0. The molecule has 9 nitrogen and oxygen atoms in total. The Kier molecular flexibility index (Phi) is 5.74. The molecule has 0 saturated carbocycles. The van der Waals surface area contributed by atoms with Crippen molar-refractivity contribution in [3.05, 3.63) is 64.0 Å². The molecule has 1 aromatic heterocycles. The molecule has 0 aliphatic rings. The number of nitro groups is 1. The van der Waals surface area contributed by atoms with Crippen LogP contribution in [0.1, 0.15) is 18.2 Å². The zero-order valence-electron chi connectivity index (χ0n) is 16.7. The minimum Gasteiger partial charge on any atom is -0.508 e. The summed E-state index contributed by atoms with van der Waals surface area (Å²) >= 11 is 0. The van der Waals surface area contributed by atoms with Crippen LogP contribution >= 0.6 is 0 Å². The van der Waals surface area contributed by atoms with Gasteiger partial charge in [-0.15, -0.1) is 0 Å². The monoisotopic (exact) mass is 411 g/mol. The van der Waals surface area contributed by atoms with Gasteiger partial charge in [-0.2, -0.15) is 0 Å². The number of aromatic hydroxyl groups is 1. The normalized spacial score (nSPS) is 11.2. The number of carbonyl (C=O) groups excluding carboxylic acids is 1. The van der Waals surface area contributed by atoms with Crippen LogP contribution in [0.15, 0.2) is 42.6 Å². The number of hydrogen-bond acceptors (Lipinski definition) is 7. The molecule has 0 atom stereocenters. The molecule has 0 amide bonds. The van der Waals surface area contributed by atoms with E-state index < -0.39 is 17.5 Å². The molecule has 2 aromatic carbocycles. The fourth-order valence-corrected chi connectivity index (χ4v) is 3.27. The van der Waals surface area contributed by atoms with Crippen LogP contribution in [0.5, 0.6) is 11.5 Å². The molecule has 0 fully saturated rings. The predicted molar refractivity (Wildman–Crippen MR) is 112 cm³/mol. The first-order valence-corrected chi connectivity index (χ1v) is 9.02. The molecule has 0 saturated heterocycles. The smallest absolute Gasteiger partial charge is 0.308 e. The molecule has 9 heteroatoms. The minimum atomic E-state index is -0.575. The Morgan fingerprint density at radius 2 is 1.90 bits per heavy atom. The quantitative estimate of drug-likeness (QED) is 0.277. The molecule has 0 spiro atoms. The standard InChI is InChI=1S/C21H21N3O6/c1-13(26)30-19-9-8-16-20(17(19)12-25)23(14-4-6-15(27)7-5-14)18(10-11-22(2)3)21(16)24(28)29/h4-11,25,27H,12H2,1-3H3. The van der Waals surface area contributed by atoms with Crippen LogP contribution in [0.2, 0.25) is 0 Å². The molecular weight excluding hydrogens is 390 g/mol. The van der Waals surface area contributed by atoms with E-state index in [1.165, 1.54) is 31.2 Å². The first kappa shape index (κ1) is 20.9. The van der Waals surface area contributed by atoms with Gasteiger partial charge in [0.1, 0.15) is 17.2 Å². The lowest BCUT2D eigenvalue weighted by Crippen LogP contribution is -2.06. The summed E-state index contributed by atoms with van der Waals surface area (Å²) < 4.78 is 6.82. The molecule has 0 radical (unpaired) electrons. The Bertz CT molecular complexity index is 1150. The van der Waals surface area contributed by atoms with Crippen LogP contribution in [0.25, 0.3) is 22.7 Å². The van der Waals surface area contributed by atoms with Crippen molar-refractivity contribution in [3.63, 3.8) is 0 Å². The Morgan fingerprint density at radius 1 is 1.23 bits per heavy atom. The zero-order valence-corrected chi connectivity index (χ0v) is 16.7. The largest absolute Gasteiger partial charge is 0.508 e. The van der Waals surface area contributed by atoms with Gasteiger partial charge in [0, 0.05) is 38.5 Å². The number of aliphatic hydroxyl groups is 1. The van der Waals surface area contributed by atoms with Crippen LogP contribution in [0.4, 0.5) is 5.69 Å². The van der Waals surface area contributed by atoms with Crippen molar-refractivity contribution in [1.82, 2.24) is 9.47 Å². The molecule has 3 rings (SSSR count). The van der Waals surface area contributed by atoms with Crippen molar-refractivity contribution < 1.29 is 24.7 Å². The summed E-state index contributed by atoms with van der Waals surface area (Å²) in [6.45, 7) is 0.730. The number of ether oxygens (including phenoxy) is 1. The van der Waals surface area contributed by atoms with Gasteiger partial charge < -0.3 is 24.4 Å². The van der Waals surface area contributed by atoms with Crippen LogP contribution in [0, 0.1) is 10.1 Å². The summed E-state index contributed by atoms with van der Waals surface area (Å²) in [5.41, 5.74) is 1.22. The van der Waals surface area contributed by atoms with Crippen molar-refractivity contribution >= 4 is 28.6 Å². The maximum absolute atomic E-state index is 12.0. The number of esters is 1. The summed E-state index contributed by atoms with van der Waals surface area (Å²) in [6, 6.07) is 9.05. The second kappa shape index (κ2) is 8.26. The van der Waals surface area contributed by atoms with Gasteiger partial charge >= 0.3 is 11.7 Å². The number of benzene rings is 2.